The first-order valence-electron chi connectivity index (χ1n) is 18.5. The smallest absolute Gasteiger partial charge is 0.345 e. The molecule has 0 saturated carbocycles. The first-order chi connectivity index (χ1) is 26.9. The first-order valence-corrected chi connectivity index (χ1v) is 21.7. The van der Waals surface area contributed by atoms with Crippen molar-refractivity contribution in [3.63, 3.8) is 0 Å². The third-order valence-electron chi connectivity index (χ3n) is 9.20. The minimum atomic E-state index is -4.21. The number of amides is 2. The number of nitrogens with one attached hydrogen (secondary N) is 2. The standard InChI is InChI=1S/C39H48N4O12S2/c1-27-25-29(38(47)41-18-9-20-42(22-24-57(52,53)54)19-8-17-40-34(44)15-7-16-35(45)46)26-28(2)37(27)55-39(48)36-30-11-3-5-13-32(30)43(21-10-23-56(49,50)51)33-14-6-4-12-31(33)36/h3-6,11-14,25-26H,7-10,15-24H2,1-2H3,(H4-,40,41,44,45,46,47,49,50,51,52,53,54)/p+1. The van der Waals surface area contributed by atoms with Gasteiger partial charge in [0.1, 0.15) is 5.75 Å². The van der Waals surface area contributed by atoms with Crippen molar-refractivity contribution in [1.29, 1.82) is 0 Å². The average molecular weight is 830 g/mol. The molecule has 5 N–H and O–H groups in total. The van der Waals surface area contributed by atoms with Gasteiger partial charge in [-0.05, 0) is 81.6 Å². The molecule has 57 heavy (non-hydrogen) atoms. The number of carbonyl (C=O) groups is 4. The van der Waals surface area contributed by atoms with Crippen LogP contribution in [0.1, 0.15) is 70.4 Å². The van der Waals surface area contributed by atoms with Gasteiger partial charge >= 0.3 is 11.9 Å². The average Bonchev–Trinajstić information content (AvgIpc) is 3.13. The van der Waals surface area contributed by atoms with Crippen LogP contribution in [-0.2, 0) is 36.4 Å². The monoisotopic (exact) mass is 829 g/mol. The fourth-order valence-corrected chi connectivity index (χ4v) is 7.56. The third-order valence-corrected chi connectivity index (χ3v) is 10.7. The molecule has 1 heterocycles. The number of benzene rings is 3. The Labute approximate surface area is 331 Å². The molecule has 0 unspecified atom stereocenters. The quantitative estimate of drug-likeness (QED) is 0.0191. The minimum absolute atomic E-state index is 0.0452. The van der Waals surface area contributed by atoms with Crippen LogP contribution in [0.25, 0.3) is 21.8 Å². The Balaban J connectivity index is 1.40. The van der Waals surface area contributed by atoms with E-state index in [0.29, 0.717) is 82.3 Å². The summed E-state index contributed by atoms with van der Waals surface area (Å²) in [5.41, 5.74) is 3.10. The predicted molar refractivity (Wildman–Crippen MR) is 212 cm³/mol. The summed E-state index contributed by atoms with van der Waals surface area (Å²) in [6.45, 7) is 5.11. The summed E-state index contributed by atoms with van der Waals surface area (Å²) in [5.74, 6) is -2.84. The van der Waals surface area contributed by atoms with E-state index in [0.717, 1.165) is 0 Å². The topological polar surface area (TPSA) is 238 Å². The Kier molecular flexibility index (Phi) is 16.0. The summed E-state index contributed by atoms with van der Waals surface area (Å²) < 4.78 is 72.1. The molecule has 0 saturated heterocycles. The van der Waals surface area contributed by atoms with Crippen molar-refractivity contribution in [1.82, 2.24) is 15.5 Å². The molecule has 4 rings (SSSR count). The molecule has 18 heteroatoms. The highest BCUT2D eigenvalue weighted by molar-refractivity contribution is 7.86. The number of carboxylic acid groups (broad SMARTS) is 1. The molecule has 4 aromatic rings. The molecular weight excluding hydrogens is 781 g/mol. The lowest BCUT2D eigenvalue weighted by molar-refractivity contribution is -0.645. The first kappa shape index (κ1) is 44.7. The molecule has 0 spiro atoms. The maximum Gasteiger partial charge on any atom is 0.345 e. The highest BCUT2D eigenvalue weighted by Gasteiger charge is 2.26. The molecule has 0 bridgehead atoms. The summed E-state index contributed by atoms with van der Waals surface area (Å²) in [4.78, 5) is 51.5. The number of aliphatic carboxylic acids is 1. The summed E-state index contributed by atoms with van der Waals surface area (Å²) in [7, 11) is -8.37. The number of fused-ring (bicyclic) bond motifs is 2. The van der Waals surface area contributed by atoms with Crippen LogP contribution in [0.4, 0.5) is 0 Å². The number of esters is 1. The molecule has 3 aromatic carbocycles. The van der Waals surface area contributed by atoms with Gasteiger partial charge in [0, 0.05) is 56.6 Å². The molecule has 0 atom stereocenters. The van der Waals surface area contributed by atoms with E-state index in [2.05, 4.69) is 10.6 Å². The molecule has 0 radical (unpaired) electrons. The molecule has 16 nitrogen and oxygen atoms in total. The predicted octanol–water partition coefficient (Wildman–Crippen LogP) is 3.47. The van der Waals surface area contributed by atoms with Gasteiger partial charge in [-0.15, -0.1) is 0 Å². The largest absolute Gasteiger partial charge is 0.481 e. The van der Waals surface area contributed by atoms with Crippen molar-refractivity contribution in [3.8, 4) is 5.75 Å². The number of hydrogen-bond acceptors (Lipinski definition) is 10. The van der Waals surface area contributed by atoms with Crippen molar-refractivity contribution < 1.29 is 59.5 Å². The zero-order chi connectivity index (χ0) is 41.8. The van der Waals surface area contributed by atoms with E-state index in [-0.39, 0.29) is 57.1 Å². The zero-order valence-corrected chi connectivity index (χ0v) is 33.5. The Morgan fingerprint density at radius 3 is 1.81 bits per heavy atom. The van der Waals surface area contributed by atoms with Gasteiger partial charge in [0.2, 0.25) is 16.9 Å². The van der Waals surface area contributed by atoms with E-state index >= 15 is 0 Å². The lowest BCUT2D eigenvalue weighted by Crippen LogP contribution is -2.37. The Morgan fingerprint density at radius 2 is 1.26 bits per heavy atom. The summed E-state index contributed by atoms with van der Waals surface area (Å²) in [5, 5.41) is 15.5. The number of aryl methyl sites for hydroxylation is 3. The Morgan fingerprint density at radius 1 is 0.719 bits per heavy atom. The fraction of sp³-hybridized carbons (Fsp3) is 0.410. The van der Waals surface area contributed by atoms with Gasteiger partial charge in [-0.1, -0.05) is 24.3 Å². The van der Waals surface area contributed by atoms with Gasteiger partial charge in [-0.25, -0.2) is 4.79 Å². The van der Waals surface area contributed by atoms with Crippen LogP contribution in [-0.4, -0.2) is 104 Å². The van der Waals surface area contributed by atoms with Gasteiger partial charge < -0.3 is 25.4 Å². The number of nitrogens with zero attached hydrogens (tertiary/aromatic N) is 2. The highest BCUT2D eigenvalue weighted by Crippen LogP contribution is 2.30. The minimum Gasteiger partial charge on any atom is -0.481 e. The number of carbonyl (C=O) groups excluding carboxylic acids is 3. The van der Waals surface area contributed by atoms with Crippen LogP contribution < -0.4 is 19.9 Å². The molecule has 0 aliphatic carbocycles. The van der Waals surface area contributed by atoms with E-state index in [4.69, 9.17) is 9.84 Å². The van der Waals surface area contributed by atoms with Gasteiger partial charge in [-0.3, -0.25) is 23.5 Å². The molecule has 0 fully saturated rings. The number of para-hydroxylation sites is 2. The van der Waals surface area contributed by atoms with E-state index < -0.39 is 43.7 Å². The molecule has 2 amide bonds. The molecule has 0 aliphatic heterocycles. The maximum atomic E-state index is 14.0. The van der Waals surface area contributed by atoms with Crippen LogP contribution in [0, 0.1) is 13.8 Å². The van der Waals surface area contributed by atoms with Crippen LogP contribution in [0.3, 0.4) is 0 Å². The number of hydrogen-bond donors (Lipinski definition) is 5. The van der Waals surface area contributed by atoms with Gasteiger partial charge in [0.15, 0.2) is 6.54 Å². The second-order valence-corrected chi connectivity index (χ2v) is 16.9. The fourth-order valence-electron chi connectivity index (χ4n) is 6.57. The Bertz CT molecular complexity index is 2250. The van der Waals surface area contributed by atoms with Crippen LogP contribution in [0.5, 0.6) is 5.75 Å². The number of pyridine rings is 1. The summed E-state index contributed by atoms with van der Waals surface area (Å²) in [6, 6.07) is 17.6. The number of aromatic nitrogens is 1. The highest BCUT2D eigenvalue weighted by atomic mass is 32.2. The van der Waals surface area contributed by atoms with Crippen LogP contribution in [0.15, 0.2) is 60.7 Å². The maximum absolute atomic E-state index is 14.0. The van der Waals surface area contributed by atoms with E-state index in [1.165, 1.54) is 0 Å². The van der Waals surface area contributed by atoms with Crippen molar-refractivity contribution in [2.24, 2.45) is 0 Å². The summed E-state index contributed by atoms with van der Waals surface area (Å²) in [6.07, 6.45) is 1.29. The number of rotatable bonds is 22. The second-order valence-electron chi connectivity index (χ2n) is 13.7. The van der Waals surface area contributed by atoms with Gasteiger partial charge in [0.05, 0.1) is 27.8 Å². The zero-order valence-electron chi connectivity index (χ0n) is 31.9. The number of carboxylic acids is 1. The summed E-state index contributed by atoms with van der Waals surface area (Å²) >= 11 is 0. The molecule has 0 aliphatic rings. The Hall–Kier alpha value is -5.01. The normalized spacial score (nSPS) is 11.9. The van der Waals surface area contributed by atoms with Crippen molar-refractivity contribution in [3.05, 3.63) is 82.9 Å². The van der Waals surface area contributed by atoms with Crippen LogP contribution >= 0.6 is 0 Å². The van der Waals surface area contributed by atoms with Gasteiger partial charge in [0.25, 0.3) is 26.1 Å². The van der Waals surface area contributed by atoms with Gasteiger partial charge in [-0.2, -0.15) is 21.4 Å². The lowest BCUT2D eigenvalue weighted by atomic mass is 10.0. The van der Waals surface area contributed by atoms with E-state index in [1.54, 1.807) is 55.1 Å². The van der Waals surface area contributed by atoms with Crippen LogP contribution in [0.2, 0.25) is 0 Å². The molecular formula is C39H49N4O12S2+. The van der Waals surface area contributed by atoms with Crippen molar-refractivity contribution in [2.75, 3.05) is 44.2 Å². The van der Waals surface area contributed by atoms with E-state index in [9.17, 15) is 45.1 Å². The SMILES string of the molecule is Cc1cc(C(=O)NCCCN(CCCNC(=O)CCCC(=O)O)CCS(=O)(=O)O)cc(C)c1OC(=O)c1c2ccccc2[n+](CCCS(=O)(=O)O)c2ccccc12. The molecule has 1 aromatic heterocycles. The lowest BCUT2D eigenvalue weighted by Gasteiger charge is -2.22. The molecule has 308 valence electrons. The third kappa shape index (κ3) is 13.9. The van der Waals surface area contributed by atoms with Crippen molar-refractivity contribution >= 4 is 65.8 Å². The second kappa shape index (κ2) is 20.4. The van der Waals surface area contributed by atoms with E-state index in [1.807, 2.05) is 28.8 Å². The number of ether oxygens (including phenoxy) is 1. The van der Waals surface area contributed by atoms with Crippen molar-refractivity contribution in [2.45, 2.75) is 58.9 Å².